The first-order valence-corrected chi connectivity index (χ1v) is 8.40. The van der Waals surface area contributed by atoms with Gasteiger partial charge in [-0.25, -0.2) is 9.97 Å². The third-order valence-electron chi connectivity index (χ3n) is 5.28. The minimum atomic E-state index is 0.639. The molecule has 0 fully saturated rings. The highest BCUT2D eigenvalue weighted by atomic mass is 15.4. The van der Waals surface area contributed by atoms with E-state index in [4.69, 9.17) is 9.97 Å². The summed E-state index contributed by atoms with van der Waals surface area (Å²) in [6, 6.07) is 17.0. The molecule has 3 aromatic carbocycles. The number of hydrogen-bond donors (Lipinski definition) is 0. The molecule has 4 aromatic rings. The van der Waals surface area contributed by atoms with E-state index in [1.807, 2.05) is 6.34 Å². The van der Waals surface area contributed by atoms with Crippen molar-refractivity contribution < 1.29 is 0 Å². The van der Waals surface area contributed by atoms with Gasteiger partial charge < -0.3 is 0 Å². The molecule has 2 heterocycles. The summed E-state index contributed by atoms with van der Waals surface area (Å²) in [5.74, 6) is 0. The number of benzene rings is 3. The van der Waals surface area contributed by atoms with E-state index in [-0.39, 0.29) is 0 Å². The zero-order valence-electron chi connectivity index (χ0n) is 14.0. The third-order valence-corrected chi connectivity index (χ3v) is 5.28. The minimum absolute atomic E-state index is 0.639. The normalized spacial score (nSPS) is 15.8. The molecule has 25 heavy (non-hydrogen) atoms. The van der Waals surface area contributed by atoms with Crippen LogP contribution in [0.1, 0.15) is 0 Å². The highest BCUT2D eigenvalue weighted by Crippen LogP contribution is 2.46. The lowest BCUT2D eigenvalue weighted by Crippen LogP contribution is -2.36. The molecule has 1 aliphatic heterocycles. The molecule has 0 N–H and O–H groups in total. The van der Waals surface area contributed by atoms with Crippen LogP contribution in [0, 0.1) is 0 Å². The van der Waals surface area contributed by atoms with Gasteiger partial charge in [-0.3, -0.25) is 4.48 Å². The number of aliphatic imine (C=N–C) groups is 1. The lowest BCUT2D eigenvalue weighted by molar-refractivity contribution is 0.626. The molecule has 0 saturated heterocycles. The largest absolute Gasteiger partial charge is 0.252 e. The molecule has 118 valence electrons. The van der Waals surface area contributed by atoms with E-state index in [0.29, 0.717) is 4.48 Å². The number of quaternary nitrogens is 1. The first kappa shape index (κ1) is 13.2. The number of rotatable bonds is 0. The highest BCUT2D eigenvalue weighted by molar-refractivity contribution is 6.14. The smallest absolute Gasteiger partial charge is 0.195 e. The van der Waals surface area contributed by atoms with Crippen molar-refractivity contribution in [2.24, 2.45) is 4.99 Å². The molecule has 4 nitrogen and oxygen atoms in total. The summed E-state index contributed by atoms with van der Waals surface area (Å²) in [5, 5.41) is 2.50. The summed E-state index contributed by atoms with van der Waals surface area (Å²) in [5.41, 5.74) is 8.32. The van der Waals surface area contributed by atoms with E-state index in [9.17, 15) is 0 Å². The molecule has 4 heteroatoms. The number of fused-ring (bicyclic) bond motifs is 5. The zero-order chi connectivity index (χ0) is 16.8. The Morgan fingerprint density at radius 1 is 0.800 bits per heavy atom. The van der Waals surface area contributed by atoms with E-state index < -0.39 is 0 Å². The van der Waals surface area contributed by atoms with Crippen LogP contribution in [-0.2, 0) is 0 Å². The number of hydrogen-bond acceptors (Lipinski definition) is 3. The maximum Gasteiger partial charge on any atom is 0.195 e. The predicted molar refractivity (Wildman–Crippen MR) is 103 cm³/mol. The molecular weight excluding hydrogens is 308 g/mol. The van der Waals surface area contributed by atoms with Crippen LogP contribution >= 0.6 is 0 Å². The summed E-state index contributed by atoms with van der Waals surface area (Å²) >= 11 is 0. The maximum atomic E-state index is 5.01. The van der Waals surface area contributed by atoms with Crippen molar-refractivity contribution in [1.29, 1.82) is 0 Å². The molecule has 6 rings (SSSR count). The van der Waals surface area contributed by atoms with Crippen LogP contribution < -0.4 is 4.48 Å². The van der Waals surface area contributed by atoms with Crippen molar-refractivity contribution in [3.8, 4) is 22.5 Å². The van der Waals surface area contributed by atoms with Crippen LogP contribution in [0.25, 0.3) is 44.3 Å². The first-order valence-electron chi connectivity index (χ1n) is 8.40. The standard InChI is InChI=1S/C21H15N4/c1-25(2)11-22-17-9-15-16(10-18(17)25)24-21-14-8-4-6-12-5-3-7-13(19(12)14)20(21)23-15/h3-11H,1-2H3/q+1. The Morgan fingerprint density at radius 2 is 1.44 bits per heavy atom. The van der Waals surface area contributed by atoms with Crippen LogP contribution in [0.3, 0.4) is 0 Å². The number of nitrogens with zero attached hydrogens (tertiary/aromatic N) is 4. The van der Waals surface area contributed by atoms with E-state index in [1.54, 1.807) is 0 Å². The average molecular weight is 323 g/mol. The van der Waals surface area contributed by atoms with Crippen LogP contribution in [0.4, 0.5) is 11.4 Å². The Balaban J connectivity index is 1.73. The Hall–Kier alpha value is -3.11. The summed E-state index contributed by atoms with van der Waals surface area (Å²) in [4.78, 5) is 14.5. The molecule has 0 spiro atoms. The number of aromatic nitrogens is 2. The molecule has 1 aromatic heterocycles. The molecule has 0 saturated carbocycles. The first-order chi connectivity index (χ1) is 12.1. The van der Waals surface area contributed by atoms with Gasteiger partial charge in [-0.15, -0.1) is 0 Å². The van der Waals surface area contributed by atoms with Crippen molar-refractivity contribution >= 4 is 39.5 Å². The van der Waals surface area contributed by atoms with Crippen LogP contribution in [0.15, 0.2) is 53.5 Å². The topological polar surface area (TPSA) is 38.1 Å². The monoisotopic (exact) mass is 323 g/mol. The predicted octanol–water partition coefficient (Wildman–Crippen LogP) is 4.67. The molecule has 0 radical (unpaired) electrons. The van der Waals surface area contributed by atoms with Gasteiger partial charge in [0, 0.05) is 22.6 Å². The van der Waals surface area contributed by atoms with Crippen molar-refractivity contribution in [3.05, 3.63) is 48.5 Å². The summed E-state index contributed by atoms with van der Waals surface area (Å²) < 4.78 is 0.639. The van der Waals surface area contributed by atoms with E-state index in [0.717, 1.165) is 33.8 Å². The average Bonchev–Trinajstić information content (AvgIpc) is 3.09. The lowest BCUT2D eigenvalue weighted by atomic mass is 10.0. The Bertz CT molecular complexity index is 1260. The second kappa shape index (κ2) is 4.10. The van der Waals surface area contributed by atoms with Gasteiger partial charge in [0.15, 0.2) is 12.0 Å². The van der Waals surface area contributed by atoms with Gasteiger partial charge in [0.1, 0.15) is 5.69 Å². The van der Waals surface area contributed by atoms with E-state index in [1.165, 1.54) is 21.9 Å². The van der Waals surface area contributed by atoms with Gasteiger partial charge in [0.05, 0.1) is 36.5 Å². The van der Waals surface area contributed by atoms with Gasteiger partial charge in [0.25, 0.3) is 0 Å². The molecular formula is C21H15N4+. The van der Waals surface area contributed by atoms with Crippen LogP contribution in [0.5, 0.6) is 0 Å². The van der Waals surface area contributed by atoms with Gasteiger partial charge in [0.2, 0.25) is 0 Å². The van der Waals surface area contributed by atoms with Gasteiger partial charge in [-0.1, -0.05) is 36.4 Å². The maximum absolute atomic E-state index is 5.01. The highest BCUT2D eigenvalue weighted by Gasteiger charge is 2.30. The summed E-state index contributed by atoms with van der Waals surface area (Å²) in [6.07, 6.45) is 1.95. The molecule has 0 amide bonds. The molecule has 0 atom stereocenters. The minimum Gasteiger partial charge on any atom is -0.252 e. The van der Waals surface area contributed by atoms with E-state index in [2.05, 4.69) is 67.6 Å². The van der Waals surface area contributed by atoms with Gasteiger partial charge in [-0.05, 0) is 11.5 Å². The van der Waals surface area contributed by atoms with Gasteiger partial charge in [-0.2, -0.15) is 4.99 Å². The third kappa shape index (κ3) is 1.57. The fourth-order valence-electron chi connectivity index (χ4n) is 4.03. The molecule has 0 unspecified atom stereocenters. The SMILES string of the molecule is C[N+]1(C)C=Nc2cc3nc4c(nc3cc21)-c1cccc2cccc-4c12. The molecule has 0 bridgehead atoms. The van der Waals surface area contributed by atoms with Crippen LogP contribution in [-0.4, -0.2) is 30.4 Å². The molecule has 2 aliphatic rings. The lowest BCUT2D eigenvalue weighted by Gasteiger charge is -2.19. The molecule has 1 aliphatic carbocycles. The second-order valence-corrected chi connectivity index (χ2v) is 7.24. The van der Waals surface area contributed by atoms with Crippen molar-refractivity contribution in [2.45, 2.75) is 0 Å². The second-order valence-electron chi connectivity index (χ2n) is 7.24. The van der Waals surface area contributed by atoms with Crippen molar-refractivity contribution in [1.82, 2.24) is 14.5 Å². The van der Waals surface area contributed by atoms with Crippen molar-refractivity contribution in [3.63, 3.8) is 0 Å². The fourth-order valence-corrected chi connectivity index (χ4v) is 4.03. The zero-order valence-corrected chi connectivity index (χ0v) is 14.0. The van der Waals surface area contributed by atoms with Crippen molar-refractivity contribution in [2.75, 3.05) is 14.1 Å². The Kier molecular flexibility index (Phi) is 2.17. The fraction of sp³-hybridized carbons (Fsp3) is 0.0952. The van der Waals surface area contributed by atoms with Gasteiger partial charge >= 0.3 is 0 Å². The van der Waals surface area contributed by atoms with Crippen LogP contribution in [0.2, 0.25) is 0 Å². The quantitative estimate of drug-likeness (QED) is 0.388. The summed E-state index contributed by atoms with van der Waals surface area (Å²) in [6.45, 7) is 0. The Morgan fingerprint density at radius 3 is 2.12 bits per heavy atom. The summed E-state index contributed by atoms with van der Waals surface area (Å²) in [7, 11) is 4.25. The van der Waals surface area contributed by atoms with E-state index >= 15 is 0 Å². The Labute approximate surface area is 144 Å².